The van der Waals surface area contributed by atoms with Crippen molar-refractivity contribution in [2.75, 3.05) is 19.3 Å². The molecule has 1 amide bonds. The summed E-state index contributed by atoms with van der Waals surface area (Å²) in [6.07, 6.45) is 6.48. The summed E-state index contributed by atoms with van der Waals surface area (Å²) >= 11 is 1.65. The van der Waals surface area contributed by atoms with Crippen molar-refractivity contribution >= 4 is 23.6 Å². The monoisotopic (exact) mass is 345 g/mol. The summed E-state index contributed by atoms with van der Waals surface area (Å²) in [5, 5.41) is 13.1. The summed E-state index contributed by atoms with van der Waals surface area (Å²) in [5.41, 5.74) is 0.904. The third-order valence-corrected chi connectivity index (χ3v) is 5.05. The molecule has 1 aromatic carbocycles. The number of carboxylic acids is 1. The molecule has 7 heteroatoms. The van der Waals surface area contributed by atoms with E-state index in [-0.39, 0.29) is 17.5 Å². The number of hydrogen-bond donors (Lipinski definition) is 1. The van der Waals surface area contributed by atoms with Crippen LogP contribution in [0.1, 0.15) is 39.6 Å². The van der Waals surface area contributed by atoms with Gasteiger partial charge in [0.2, 0.25) is 0 Å². The van der Waals surface area contributed by atoms with E-state index in [1.54, 1.807) is 22.6 Å². The molecule has 6 nitrogen and oxygen atoms in total. The van der Waals surface area contributed by atoms with Gasteiger partial charge in [0.1, 0.15) is 0 Å². The van der Waals surface area contributed by atoms with Crippen LogP contribution in [-0.4, -0.2) is 51.0 Å². The highest BCUT2D eigenvalue weighted by molar-refractivity contribution is 7.98. The van der Waals surface area contributed by atoms with Crippen molar-refractivity contribution in [2.24, 2.45) is 0 Å². The number of aromatic carboxylic acids is 1. The van der Waals surface area contributed by atoms with E-state index in [1.807, 2.05) is 35.4 Å². The summed E-state index contributed by atoms with van der Waals surface area (Å²) in [6, 6.07) is 7.80. The van der Waals surface area contributed by atoms with Gasteiger partial charge in [-0.3, -0.25) is 9.48 Å². The van der Waals surface area contributed by atoms with Gasteiger partial charge in [0, 0.05) is 29.7 Å². The lowest BCUT2D eigenvalue weighted by Gasteiger charge is -2.32. The molecule has 3 rings (SSSR count). The number of carbonyl (C=O) groups is 2. The molecule has 2 aromatic rings. The predicted octanol–water partition coefficient (Wildman–Crippen LogP) is 2.78. The molecule has 2 heterocycles. The summed E-state index contributed by atoms with van der Waals surface area (Å²) in [5.74, 6) is -0.921. The number of piperidine rings is 1. The fourth-order valence-electron chi connectivity index (χ4n) is 2.90. The molecule has 0 unspecified atom stereocenters. The number of carbonyl (C=O) groups excluding carboxylic acids is 1. The van der Waals surface area contributed by atoms with Crippen LogP contribution in [0.5, 0.6) is 0 Å². The first-order valence-corrected chi connectivity index (χ1v) is 9.01. The first kappa shape index (κ1) is 16.6. The second kappa shape index (κ2) is 7.09. The number of nitrogens with zero attached hydrogens (tertiary/aromatic N) is 3. The van der Waals surface area contributed by atoms with Crippen molar-refractivity contribution in [3.8, 4) is 0 Å². The zero-order valence-electron chi connectivity index (χ0n) is 13.4. The fourth-order valence-corrected chi connectivity index (χ4v) is 3.31. The molecular formula is C17H19N3O3S. The largest absolute Gasteiger partial charge is 0.478 e. The minimum absolute atomic E-state index is 0.0489. The number of benzene rings is 1. The Hall–Kier alpha value is -2.28. The van der Waals surface area contributed by atoms with Gasteiger partial charge in [-0.2, -0.15) is 5.10 Å². The first-order valence-electron chi connectivity index (χ1n) is 7.79. The number of thioether (sulfide) groups is 1. The second-order valence-corrected chi connectivity index (χ2v) is 6.65. The summed E-state index contributed by atoms with van der Waals surface area (Å²) in [7, 11) is 0. The standard InChI is InChI=1S/C17H19N3O3S/c1-24-15-4-2-12(3-5-15)16(21)19-8-6-14(7-9-19)20-11-13(10-18-20)17(22)23/h2-5,10-11,14H,6-9H2,1H3,(H,22,23). The van der Waals surface area contributed by atoms with E-state index in [0.717, 1.165) is 17.7 Å². The van der Waals surface area contributed by atoms with Crippen LogP contribution in [0.25, 0.3) is 0 Å². The van der Waals surface area contributed by atoms with E-state index in [0.29, 0.717) is 18.7 Å². The Bertz CT molecular complexity index is 734. The number of aromatic nitrogens is 2. The second-order valence-electron chi connectivity index (χ2n) is 5.77. The molecule has 0 radical (unpaired) electrons. The van der Waals surface area contributed by atoms with Crippen LogP contribution in [0.15, 0.2) is 41.6 Å². The number of amides is 1. The number of carboxylic acid groups (broad SMARTS) is 1. The Morgan fingerprint density at radius 1 is 1.17 bits per heavy atom. The molecule has 24 heavy (non-hydrogen) atoms. The van der Waals surface area contributed by atoms with Crippen molar-refractivity contribution in [3.05, 3.63) is 47.8 Å². The molecule has 1 aliphatic rings. The summed E-state index contributed by atoms with van der Waals surface area (Å²) < 4.78 is 1.71. The van der Waals surface area contributed by atoms with Gasteiger partial charge in [0.05, 0.1) is 17.8 Å². The van der Waals surface area contributed by atoms with Crippen molar-refractivity contribution < 1.29 is 14.7 Å². The predicted molar refractivity (Wildman–Crippen MR) is 91.6 cm³/mol. The molecule has 1 fully saturated rings. The lowest BCUT2D eigenvalue weighted by Crippen LogP contribution is -2.39. The molecule has 1 N–H and O–H groups in total. The third-order valence-electron chi connectivity index (χ3n) is 4.31. The lowest BCUT2D eigenvalue weighted by molar-refractivity contribution is 0.0688. The molecule has 1 aliphatic heterocycles. The molecule has 126 valence electrons. The van der Waals surface area contributed by atoms with Crippen LogP contribution in [0.2, 0.25) is 0 Å². The topological polar surface area (TPSA) is 75.4 Å². The van der Waals surface area contributed by atoms with Crippen LogP contribution >= 0.6 is 11.8 Å². The van der Waals surface area contributed by atoms with Crippen LogP contribution in [0.4, 0.5) is 0 Å². The quantitative estimate of drug-likeness (QED) is 0.863. The van der Waals surface area contributed by atoms with E-state index < -0.39 is 5.97 Å². The highest BCUT2D eigenvalue weighted by Gasteiger charge is 2.25. The summed E-state index contributed by atoms with van der Waals surface area (Å²) in [6.45, 7) is 1.30. The first-order chi connectivity index (χ1) is 11.6. The Morgan fingerprint density at radius 2 is 1.83 bits per heavy atom. The molecular weight excluding hydrogens is 326 g/mol. The molecule has 0 atom stereocenters. The number of likely N-dealkylation sites (tertiary alicyclic amines) is 1. The molecule has 1 saturated heterocycles. The van der Waals surface area contributed by atoms with E-state index in [9.17, 15) is 9.59 Å². The van der Waals surface area contributed by atoms with Crippen molar-refractivity contribution in [1.82, 2.24) is 14.7 Å². The maximum atomic E-state index is 12.6. The van der Waals surface area contributed by atoms with Crippen LogP contribution < -0.4 is 0 Å². The van der Waals surface area contributed by atoms with Gasteiger partial charge in [-0.05, 0) is 43.4 Å². The highest BCUT2D eigenvalue weighted by atomic mass is 32.2. The maximum Gasteiger partial charge on any atom is 0.338 e. The van der Waals surface area contributed by atoms with Crippen LogP contribution in [-0.2, 0) is 0 Å². The van der Waals surface area contributed by atoms with Crippen molar-refractivity contribution in [2.45, 2.75) is 23.8 Å². The van der Waals surface area contributed by atoms with Gasteiger partial charge in [0.15, 0.2) is 0 Å². The van der Waals surface area contributed by atoms with Gasteiger partial charge in [-0.25, -0.2) is 4.79 Å². The molecule has 0 saturated carbocycles. The van der Waals surface area contributed by atoms with E-state index in [1.165, 1.54) is 6.20 Å². The Balaban J connectivity index is 1.61. The van der Waals surface area contributed by atoms with E-state index in [2.05, 4.69) is 5.10 Å². The normalized spacial score (nSPS) is 15.5. The molecule has 1 aromatic heterocycles. The van der Waals surface area contributed by atoms with Gasteiger partial charge >= 0.3 is 5.97 Å². The molecule has 0 aliphatic carbocycles. The lowest BCUT2D eigenvalue weighted by atomic mass is 10.0. The van der Waals surface area contributed by atoms with Crippen molar-refractivity contribution in [1.29, 1.82) is 0 Å². The third kappa shape index (κ3) is 3.46. The fraction of sp³-hybridized carbons (Fsp3) is 0.353. The average Bonchev–Trinajstić information content (AvgIpc) is 3.12. The smallest absolute Gasteiger partial charge is 0.338 e. The van der Waals surface area contributed by atoms with Gasteiger partial charge < -0.3 is 10.0 Å². The maximum absolute atomic E-state index is 12.6. The van der Waals surface area contributed by atoms with Gasteiger partial charge in [-0.1, -0.05) is 0 Å². The molecule has 0 spiro atoms. The Morgan fingerprint density at radius 3 is 2.38 bits per heavy atom. The Kier molecular flexibility index (Phi) is 4.89. The minimum Gasteiger partial charge on any atom is -0.478 e. The van der Waals surface area contributed by atoms with Gasteiger partial charge in [0.25, 0.3) is 5.91 Å². The highest BCUT2D eigenvalue weighted by Crippen LogP contribution is 2.24. The zero-order chi connectivity index (χ0) is 17.1. The van der Waals surface area contributed by atoms with E-state index in [4.69, 9.17) is 5.11 Å². The SMILES string of the molecule is CSc1ccc(C(=O)N2CCC(n3cc(C(=O)O)cn3)CC2)cc1. The number of hydrogen-bond acceptors (Lipinski definition) is 4. The van der Waals surface area contributed by atoms with Crippen LogP contribution in [0, 0.1) is 0 Å². The molecule has 0 bridgehead atoms. The van der Waals surface area contributed by atoms with Crippen LogP contribution in [0.3, 0.4) is 0 Å². The van der Waals surface area contributed by atoms with Gasteiger partial charge in [-0.15, -0.1) is 11.8 Å². The Labute approximate surface area is 144 Å². The van der Waals surface area contributed by atoms with E-state index >= 15 is 0 Å². The number of rotatable bonds is 4. The minimum atomic E-state index is -0.970. The average molecular weight is 345 g/mol. The zero-order valence-corrected chi connectivity index (χ0v) is 14.2. The summed E-state index contributed by atoms with van der Waals surface area (Å²) in [4.78, 5) is 26.5. The van der Waals surface area contributed by atoms with Crippen molar-refractivity contribution in [3.63, 3.8) is 0 Å².